The van der Waals surface area contributed by atoms with E-state index in [2.05, 4.69) is 19.2 Å². The molecule has 0 aromatic carbocycles. The summed E-state index contributed by atoms with van der Waals surface area (Å²) in [5.74, 6) is -0.139. The number of rotatable bonds is 43. The maximum Gasteiger partial charge on any atom is 0.220 e. The van der Waals surface area contributed by atoms with Crippen LogP contribution in [0, 0.1) is 0 Å². The van der Waals surface area contributed by atoms with Gasteiger partial charge in [0.05, 0.1) is 25.4 Å². The highest BCUT2D eigenvalue weighted by Gasteiger charge is 2.44. The third-order valence-corrected chi connectivity index (χ3v) is 12.5. The fraction of sp³-hybridized carbons (Fsp3) is 0.980. The Balaban J connectivity index is 2.20. The molecule has 9 heteroatoms. The SMILES string of the molecule is CCCCCCCCCCCCCCCCCCCCCCCCCC(=O)N[C@@H](CO[C@H]1O[C@H](CO)[C@H](O)[C@H](O)[C@H]1O)[C@H](O)CCCCCCCCCCCCCC. The average molecular weight is 828 g/mol. The molecular formula is C49H97NO8. The molecule has 0 bridgehead atoms. The van der Waals surface area contributed by atoms with Crippen molar-refractivity contribution in [2.45, 2.75) is 294 Å². The van der Waals surface area contributed by atoms with E-state index in [1.54, 1.807) is 0 Å². The molecule has 1 rings (SSSR count). The molecule has 6 N–H and O–H groups in total. The van der Waals surface area contributed by atoms with Crippen molar-refractivity contribution in [3.63, 3.8) is 0 Å². The highest BCUT2D eigenvalue weighted by molar-refractivity contribution is 5.76. The van der Waals surface area contributed by atoms with Crippen molar-refractivity contribution in [1.29, 1.82) is 0 Å². The zero-order valence-electron chi connectivity index (χ0n) is 38.1. The smallest absolute Gasteiger partial charge is 0.220 e. The van der Waals surface area contributed by atoms with Crippen molar-refractivity contribution in [3.8, 4) is 0 Å². The number of carbonyl (C=O) groups excluding carboxylic acids is 1. The van der Waals surface area contributed by atoms with Crippen LogP contribution >= 0.6 is 0 Å². The minimum atomic E-state index is -1.55. The summed E-state index contributed by atoms with van der Waals surface area (Å²) in [4.78, 5) is 13.0. The number of unbranched alkanes of at least 4 members (excludes halogenated alkanes) is 33. The second kappa shape index (κ2) is 40.3. The van der Waals surface area contributed by atoms with Gasteiger partial charge in [-0.15, -0.1) is 0 Å². The van der Waals surface area contributed by atoms with Crippen LogP contribution in [0.25, 0.3) is 0 Å². The number of hydrogen-bond acceptors (Lipinski definition) is 8. The first-order valence-corrected chi connectivity index (χ1v) is 25.2. The molecule has 58 heavy (non-hydrogen) atoms. The lowest BCUT2D eigenvalue weighted by Gasteiger charge is -2.40. The van der Waals surface area contributed by atoms with E-state index in [4.69, 9.17) is 9.47 Å². The Labute approximate surface area is 357 Å². The van der Waals surface area contributed by atoms with Crippen LogP contribution in [0.1, 0.15) is 251 Å². The molecule has 1 amide bonds. The number of carbonyl (C=O) groups is 1. The van der Waals surface area contributed by atoms with E-state index in [-0.39, 0.29) is 12.5 Å². The molecule has 0 aromatic heterocycles. The van der Waals surface area contributed by atoms with Gasteiger partial charge in [0.2, 0.25) is 5.91 Å². The van der Waals surface area contributed by atoms with Crippen molar-refractivity contribution in [1.82, 2.24) is 5.32 Å². The Hall–Kier alpha value is -0.810. The standard InChI is InChI=1S/C49H97NO8/c1-3-5-7-9-11-13-15-17-18-19-20-21-22-23-24-25-26-27-29-31-33-35-37-39-45(53)50-42(41-57-49-48(56)47(55)46(54)44(40-51)58-49)43(52)38-36-34-32-30-28-16-14-12-10-8-6-4-2/h42-44,46-49,51-52,54-56H,3-41H2,1-2H3,(H,50,53)/t42-,43+,44+,46-,47-,48+,49-/m0/s1. The lowest BCUT2D eigenvalue weighted by molar-refractivity contribution is -0.302. The van der Waals surface area contributed by atoms with Gasteiger partial charge < -0.3 is 40.3 Å². The highest BCUT2D eigenvalue weighted by Crippen LogP contribution is 2.23. The molecule has 0 aliphatic carbocycles. The molecule has 0 aromatic rings. The summed E-state index contributed by atoms with van der Waals surface area (Å²) in [6.45, 7) is 3.85. The van der Waals surface area contributed by atoms with Crippen molar-refractivity contribution in [3.05, 3.63) is 0 Å². The van der Waals surface area contributed by atoms with E-state index in [0.29, 0.717) is 12.8 Å². The Bertz CT molecular complexity index is 878. The topological polar surface area (TPSA) is 149 Å². The van der Waals surface area contributed by atoms with Gasteiger partial charge in [-0.3, -0.25) is 4.79 Å². The first-order valence-electron chi connectivity index (χ1n) is 25.2. The number of hydrogen-bond donors (Lipinski definition) is 6. The normalized spacial score (nSPS) is 20.7. The molecule has 346 valence electrons. The van der Waals surface area contributed by atoms with Gasteiger partial charge in [0.25, 0.3) is 0 Å². The van der Waals surface area contributed by atoms with Gasteiger partial charge in [0.1, 0.15) is 24.4 Å². The van der Waals surface area contributed by atoms with Crippen molar-refractivity contribution in [2.24, 2.45) is 0 Å². The van der Waals surface area contributed by atoms with Crippen LogP contribution in [0.15, 0.2) is 0 Å². The number of amides is 1. The summed E-state index contributed by atoms with van der Waals surface area (Å²) >= 11 is 0. The highest BCUT2D eigenvalue weighted by atomic mass is 16.7. The number of ether oxygens (including phenoxy) is 2. The van der Waals surface area contributed by atoms with Gasteiger partial charge in [-0.2, -0.15) is 0 Å². The molecule has 0 radical (unpaired) electrons. The van der Waals surface area contributed by atoms with Crippen molar-refractivity contribution >= 4 is 5.91 Å². The number of aliphatic hydroxyl groups excluding tert-OH is 5. The van der Waals surface area contributed by atoms with Crippen molar-refractivity contribution < 1.29 is 39.8 Å². The summed E-state index contributed by atoms with van der Waals surface area (Å²) in [5, 5.41) is 54.4. The predicted molar refractivity (Wildman–Crippen MR) is 240 cm³/mol. The van der Waals surface area contributed by atoms with E-state index < -0.39 is 49.5 Å². The molecule has 1 heterocycles. The van der Waals surface area contributed by atoms with Crippen LogP contribution < -0.4 is 5.32 Å². The van der Waals surface area contributed by atoms with Crippen LogP contribution in [0.5, 0.6) is 0 Å². The fourth-order valence-corrected chi connectivity index (χ4v) is 8.40. The van der Waals surface area contributed by atoms with Gasteiger partial charge in [-0.25, -0.2) is 0 Å². The van der Waals surface area contributed by atoms with Gasteiger partial charge in [0, 0.05) is 6.42 Å². The summed E-state index contributed by atoms with van der Waals surface area (Å²) in [5.41, 5.74) is 0. The third-order valence-electron chi connectivity index (χ3n) is 12.5. The number of nitrogens with one attached hydrogen (secondary N) is 1. The van der Waals surface area contributed by atoms with E-state index in [0.717, 1.165) is 38.5 Å². The maximum atomic E-state index is 13.0. The van der Waals surface area contributed by atoms with Gasteiger partial charge >= 0.3 is 0 Å². The van der Waals surface area contributed by atoms with Gasteiger partial charge in [0.15, 0.2) is 6.29 Å². The molecule has 1 aliphatic rings. The lowest BCUT2D eigenvalue weighted by Crippen LogP contribution is -2.60. The Morgan fingerprint density at radius 3 is 1.22 bits per heavy atom. The minimum absolute atomic E-state index is 0.132. The van der Waals surface area contributed by atoms with E-state index in [9.17, 15) is 30.3 Å². The van der Waals surface area contributed by atoms with Crippen LogP contribution in [0.3, 0.4) is 0 Å². The summed E-state index contributed by atoms with van der Waals surface area (Å²) in [6.07, 6.45) is 38.4. The minimum Gasteiger partial charge on any atom is -0.394 e. The summed E-state index contributed by atoms with van der Waals surface area (Å²) < 4.78 is 11.3. The second-order valence-electron chi connectivity index (χ2n) is 18.0. The Kier molecular flexibility index (Phi) is 38.3. The molecule has 7 atom stereocenters. The first kappa shape index (κ1) is 55.2. The fourth-order valence-electron chi connectivity index (χ4n) is 8.40. The summed E-state index contributed by atoms with van der Waals surface area (Å²) in [6, 6.07) is -0.711. The average Bonchev–Trinajstić information content (AvgIpc) is 3.22. The monoisotopic (exact) mass is 828 g/mol. The van der Waals surface area contributed by atoms with Crippen LogP contribution in [-0.4, -0.2) is 87.5 Å². The Morgan fingerprint density at radius 1 is 0.517 bits per heavy atom. The quantitative estimate of drug-likeness (QED) is 0.0333. The number of aliphatic hydroxyl groups is 5. The molecule has 1 aliphatic heterocycles. The van der Waals surface area contributed by atoms with Gasteiger partial charge in [-0.05, 0) is 12.8 Å². The molecule has 0 spiro atoms. The summed E-state index contributed by atoms with van der Waals surface area (Å²) in [7, 11) is 0. The molecule has 9 nitrogen and oxygen atoms in total. The predicted octanol–water partition coefficient (Wildman–Crippen LogP) is 11.1. The van der Waals surface area contributed by atoms with Crippen molar-refractivity contribution in [2.75, 3.05) is 13.2 Å². The van der Waals surface area contributed by atoms with E-state index in [1.165, 1.54) is 186 Å². The van der Waals surface area contributed by atoms with Crippen LogP contribution in [0.4, 0.5) is 0 Å². The first-order chi connectivity index (χ1) is 28.3. The van der Waals surface area contributed by atoms with E-state index in [1.807, 2.05) is 0 Å². The molecule has 0 unspecified atom stereocenters. The molecule has 1 fully saturated rings. The largest absolute Gasteiger partial charge is 0.394 e. The molecular weight excluding hydrogens is 731 g/mol. The van der Waals surface area contributed by atoms with Crippen LogP contribution in [0.2, 0.25) is 0 Å². The zero-order chi connectivity index (χ0) is 42.3. The van der Waals surface area contributed by atoms with Crippen LogP contribution in [-0.2, 0) is 14.3 Å². The molecule has 0 saturated carbocycles. The Morgan fingerprint density at radius 2 is 0.862 bits per heavy atom. The zero-order valence-corrected chi connectivity index (χ0v) is 38.1. The second-order valence-corrected chi connectivity index (χ2v) is 18.0. The lowest BCUT2D eigenvalue weighted by atomic mass is 9.99. The van der Waals surface area contributed by atoms with E-state index >= 15 is 0 Å². The van der Waals surface area contributed by atoms with Gasteiger partial charge in [-0.1, -0.05) is 232 Å². The third kappa shape index (κ3) is 30.3. The molecule has 1 saturated heterocycles. The maximum absolute atomic E-state index is 13.0.